The van der Waals surface area contributed by atoms with E-state index in [9.17, 15) is 4.79 Å². The van der Waals surface area contributed by atoms with Gasteiger partial charge in [0.25, 0.3) is 0 Å². The lowest BCUT2D eigenvalue weighted by Gasteiger charge is -2.06. The molecule has 4 nitrogen and oxygen atoms in total. The molecule has 1 aromatic heterocycles. The van der Waals surface area contributed by atoms with Crippen molar-refractivity contribution >= 4 is 34.7 Å². The Bertz CT molecular complexity index is 499. The van der Waals surface area contributed by atoms with Crippen LogP contribution in [0.1, 0.15) is 5.56 Å². The van der Waals surface area contributed by atoms with Crippen LogP contribution < -0.4 is 5.32 Å². The van der Waals surface area contributed by atoms with Crippen molar-refractivity contribution in [3.63, 3.8) is 0 Å². The van der Waals surface area contributed by atoms with E-state index in [0.29, 0.717) is 5.75 Å². The third-order valence-electron chi connectivity index (χ3n) is 2.09. The smallest absolute Gasteiger partial charge is 0.234 e. The minimum absolute atomic E-state index is 0.0282. The number of benzene rings is 1. The van der Waals surface area contributed by atoms with Gasteiger partial charge in [-0.2, -0.15) is 0 Å². The number of para-hydroxylation sites is 1. The highest BCUT2D eigenvalue weighted by atomic mass is 32.2. The van der Waals surface area contributed by atoms with E-state index >= 15 is 0 Å². The lowest BCUT2D eigenvalue weighted by Crippen LogP contribution is -2.14. The van der Waals surface area contributed by atoms with Crippen LogP contribution in [-0.4, -0.2) is 21.9 Å². The topological polar surface area (TPSA) is 54.9 Å². The molecule has 1 heterocycles. The molecule has 0 aliphatic heterocycles. The van der Waals surface area contributed by atoms with E-state index in [1.54, 1.807) is 5.51 Å². The Hall–Kier alpha value is -1.40. The normalized spacial score (nSPS) is 10.2. The first-order valence-electron chi connectivity index (χ1n) is 5.00. The molecule has 0 radical (unpaired) electrons. The SMILES string of the molecule is Cc1ccccc1NC(=O)CSc1nncs1. The van der Waals surface area contributed by atoms with Crippen LogP contribution in [0, 0.1) is 6.92 Å². The summed E-state index contributed by atoms with van der Waals surface area (Å²) in [5.41, 5.74) is 3.57. The maximum Gasteiger partial charge on any atom is 0.234 e. The molecule has 6 heteroatoms. The maximum atomic E-state index is 11.7. The standard InChI is InChI=1S/C11H11N3OS2/c1-8-4-2-3-5-9(8)13-10(15)6-16-11-14-12-7-17-11/h2-5,7H,6H2,1H3,(H,13,15). The molecule has 0 aliphatic carbocycles. The van der Waals surface area contributed by atoms with Crippen LogP contribution in [0.2, 0.25) is 0 Å². The Morgan fingerprint density at radius 3 is 3.00 bits per heavy atom. The van der Waals surface area contributed by atoms with Gasteiger partial charge >= 0.3 is 0 Å². The zero-order chi connectivity index (χ0) is 12.1. The Morgan fingerprint density at radius 2 is 2.29 bits per heavy atom. The summed E-state index contributed by atoms with van der Waals surface area (Å²) in [5, 5.41) is 10.4. The van der Waals surface area contributed by atoms with Crippen molar-refractivity contribution in [3.05, 3.63) is 35.3 Å². The minimum Gasteiger partial charge on any atom is -0.325 e. The quantitative estimate of drug-likeness (QED) is 0.863. The number of hydrogen-bond acceptors (Lipinski definition) is 5. The summed E-state index contributed by atoms with van der Waals surface area (Å²) >= 11 is 2.83. The fraction of sp³-hybridized carbons (Fsp3) is 0.182. The fourth-order valence-electron chi connectivity index (χ4n) is 1.25. The van der Waals surface area contributed by atoms with Crippen LogP contribution in [0.3, 0.4) is 0 Å². The molecule has 0 atom stereocenters. The molecule has 0 unspecified atom stereocenters. The molecule has 88 valence electrons. The predicted octanol–water partition coefficient (Wildman–Crippen LogP) is 2.58. The van der Waals surface area contributed by atoms with Crippen molar-refractivity contribution in [1.29, 1.82) is 0 Å². The number of thioether (sulfide) groups is 1. The molecule has 0 saturated heterocycles. The number of anilines is 1. The second-order valence-electron chi connectivity index (χ2n) is 3.36. The third-order valence-corrected chi connectivity index (χ3v) is 3.95. The zero-order valence-corrected chi connectivity index (χ0v) is 10.8. The van der Waals surface area contributed by atoms with Crippen molar-refractivity contribution in [3.8, 4) is 0 Å². The molecule has 0 aliphatic rings. The van der Waals surface area contributed by atoms with E-state index in [-0.39, 0.29) is 5.91 Å². The summed E-state index contributed by atoms with van der Waals surface area (Å²) in [7, 11) is 0. The van der Waals surface area contributed by atoms with Gasteiger partial charge in [-0.05, 0) is 18.6 Å². The molecule has 0 fully saturated rings. The summed E-state index contributed by atoms with van der Waals surface area (Å²) in [4.78, 5) is 11.7. The molecule has 0 bridgehead atoms. The van der Waals surface area contributed by atoms with Crippen molar-refractivity contribution in [2.24, 2.45) is 0 Å². The van der Waals surface area contributed by atoms with Gasteiger partial charge in [0.15, 0.2) is 4.34 Å². The lowest BCUT2D eigenvalue weighted by atomic mass is 10.2. The molecule has 0 spiro atoms. The van der Waals surface area contributed by atoms with Crippen LogP contribution in [0.5, 0.6) is 0 Å². The summed E-state index contributed by atoms with van der Waals surface area (Å²) in [6.45, 7) is 1.97. The first kappa shape index (κ1) is 12.1. The van der Waals surface area contributed by atoms with Gasteiger partial charge < -0.3 is 5.32 Å². The van der Waals surface area contributed by atoms with E-state index in [2.05, 4.69) is 15.5 Å². The molecule has 2 rings (SSSR count). The van der Waals surface area contributed by atoms with Gasteiger partial charge in [-0.25, -0.2) is 0 Å². The number of amides is 1. The minimum atomic E-state index is -0.0282. The highest BCUT2D eigenvalue weighted by Gasteiger charge is 2.06. The van der Waals surface area contributed by atoms with E-state index < -0.39 is 0 Å². The average Bonchev–Trinajstić information content (AvgIpc) is 2.82. The zero-order valence-electron chi connectivity index (χ0n) is 9.21. The number of carbonyl (C=O) groups excluding carboxylic acids is 1. The number of aromatic nitrogens is 2. The number of rotatable bonds is 4. The number of carbonyl (C=O) groups is 1. The Morgan fingerprint density at radius 1 is 1.47 bits per heavy atom. The van der Waals surface area contributed by atoms with E-state index in [0.717, 1.165) is 15.6 Å². The number of aryl methyl sites for hydroxylation is 1. The molecule has 17 heavy (non-hydrogen) atoms. The van der Waals surface area contributed by atoms with Gasteiger partial charge in [-0.3, -0.25) is 4.79 Å². The van der Waals surface area contributed by atoms with E-state index in [4.69, 9.17) is 0 Å². The fourth-order valence-corrected chi connectivity index (χ4v) is 2.54. The van der Waals surface area contributed by atoms with Crippen LogP contribution in [0.15, 0.2) is 34.1 Å². The van der Waals surface area contributed by atoms with Crippen LogP contribution in [-0.2, 0) is 4.79 Å². The third kappa shape index (κ3) is 3.54. The van der Waals surface area contributed by atoms with Crippen LogP contribution in [0.4, 0.5) is 5.69 Å². The Kier molecular flexibility index (Phi) is 4.11. The first-order valence-corrected chi connectivity index (χ1v) is 6.86. The number of nitrogens with zero attached hydrogens (tertiary/aromatic N) is 2. The second kappa shape index (κ2) is 5.79. The van der Waals surface area contributed by atoms with Gasteiger partial charge in [-0.1, -0.05) is 41.3 Å². The summed E-state index contributed by atoms with van der Waals surface area (Å²) in [5.74, 6) is 0.322. The van der Waals surface area contributed by atoms with E-state index in [1.165, 1.54) is 23.1 Å². The maximum absolute atomic E-state index is 11.7. The number of hydrogen-bond donors (Lipinski definition) is 1. The van der Waals surface area contributed by atoms with Gasteiger partial charge in [0, 0.05) is 5.69 Å². The second-order valence-corrected chi connectivity index (χ2v) is 5.41. The van der Waals surface area contributed by atoms with Crippen molar-refractivity contribution in [2.45, 2.75) is 11.3 Å². The van der Waals surface area contributed by atoms with E-state index in [1.807, 2.05) is 31.2 Å². The van der Waals surface area contributed by atoms with Crippen molar-refractivity contribution in [1.82, 2.24) is 10.2 Å². The predicted molar refractivity (Wildman–Crippen MR) is 70.4 cm³/mol. The molecule has 1 amide bonds. The molecule has 0 saturated carbocycles. The Labute approximate surface area is 107 Å². The van der Waals surface area contributed by atoms with Crippen molar-refractivity contribution in [2.75, 3.05) is 11.1 Å². The van der Waals surface area contributed by atoms with Crippen LogP contribution in [0.25, 0.3) is 0 Å². The summed E-state index contributed by atoms with van der Waals surface area (Å²) in [6, 6.07) is 7.71. The highest BCUT2D eigenvalue weighted by molar-refractivity contribution is 8.01. The highest BCUT2D eigenvalue weighted by Crippen LogP contribution is 2.19. The van der Waals surface area contributed by atoms with Crippen LogP contribution >= 0.6 is 23.1 Å². The molecular weight excluding hydrogens is 254 g/mol. The largest absolute Gasteiger partial charge is 0.325 e. The molecule has 1 aromatic carbocycles. The monoisotopic (exact) mass is 265 g/mol. The first-order chi connectivity index (χ1) is 8.25. The number of nitrogens with one attached hydrogen (secondary N) is 1. The lowest BCUT2D eigenvalue weighted by molar-refractivity contribution is -0.113. The van der Waals surface area contributed by atoms with Gasteiger partial charge in [0.05, 0.1) is 5.75 Å². The molecule has 1 N–H and O–H groups in total. The molecule has 2 aromatic rings. The summed E-state index contributed by atoms with van der Waals surface area (Å²) < 4.78 is 0.810. The Balaban J connectivity index is 1.87. The van der Waals surface area contributed by atoms with Gasteiger partial charge in [0.2, 0.25) is 5.91 Å². The average molecular weight is 265 g/mol. The van der Waals surface area contributed by atoms with Crippen molar-refractivity contribution < 1.29 is 4.79 Å². The van der Waals surface area contributed by atoms with Gasteiger partial charge in [0.1, 0.15) is 5.51 Å². The summed E-state index contributed by atoms with van der Waals surface area (Å²) in [6.07, 6.45) is 0. The molecular formula is C11H11N3OS2. The van der Waals surface area contributed by atoms with Gasteiger partial charge in [-0.15, -0.1) is 10.2 Å².